The van der Waals surface area contributed by atoms with Crippen molar-refractivity contribution in [3.63, 3.8) is 0 Å². The summed E-state index contributed by atoms with van der Waals surface area (Å²) in [6.45, 7) is 8.58. The van der Waals surface area contributed by atoms with Gasteiger partial charge in [0.15, 0.2) is 24.8 Å². The molecule has 0 saturated heterocycles. The number of aromatic nitrogens is 8. The molecular weight excluding hydrogens is 1500 g/mol. The zero-order valence-electron chi connectivity index (χ0n) is 69.3. The molecule has 0 aliphatic carbocycles. The van der Waals surface area contributed by atoms with Gasteiger partial charge in [0.1, 0.15) is 77.6 Å². The predicted molar refractivity (Wildman–Crippen MR) is 502 cm³/mol. The fraction of sp³-hybridized carbons (Fsp3) is 0.101. The summed E-state index contributed by atoms with van der Waals surface area (Å²) in [6, 6.07) is 106. The van der Waals surface area contributed by atoms with Crippen LogP contribution in [-0.4, -0.2) is 18.3 Å². The van der Waals surface area contributed by atoms with Gasteiger partial charge in [0.25, 0.3) is 0 Å². The number of pyridine rings is 4. The highest BCUT2D eigenvalue weighted by Gasteiger charge is 2.29. The number of nitrogens with zero attached hydrogens (tertiary/aromatic N) is 8. The van der Waals surface area contributed by atoms with Gasteiger partial charge in [-0.2, -0.15) is 18.3 Å². The van der Waals surface area contributed by atoms with Crippen LogP contribution in [0.2, 0.25) is 0 Å². The molecule has 0 fully saturated rings. The number of aryl methyl sites for hydroxylation is 11. The third-order valence-electron chi connectivity index (χ3n) is 25.6. The molecule has 25 aromatic rings. The van der Waals surface area contributed by atoms with E-state index in [1.165, 1.54) is 184 Å². The van der Waals surface area contributed by atoms with Crippen molar-refractivity contribution in [1.82, 2.24) is 18.3 Å². The second-order valence-corrected chi connectivity index (χ2v) is 33.7. The predicted octanol–water partition coefficient (Wildman–Crippen LogP) is 26.0. The first kappa shape index (κ1) is 72.7. The van der Waals surface area contributed by atoms with Gasteiger partial charge in [-0.25, -0.2) is 0 Å². The average molecular weight is 1590 g/mol. The Balaban J connectivity index is 0.0000000968. The van der Waals surface area contributed by atoms with E-state index in [0.717, 1.165) is 61.9 Å². The highest BCUT2D eigenvalue weighted by Crippen LogP contribution is 2.45. The van der Waals surface area contributed by atoms with Gasteiger partial charge >= 0.3 is 0 Å². The van der Waals surface area contributed by atoms with E-state index in [0.29, 0.717) is 0 Å². The minimum absolute atomic E-state index is 0.923. The van der Waals surface area contributed by atoms with Gasteiger partial charge in [0.2, 0.25) is 34.3 Å². The van der Waals surface area contributed by atoms with Crippen molar-refractivity contribution in [3.8, 4) is 50.4 Å². The molecule has 0 N–H and O–H groups in total. The Kier molecular flexibility index (Phi) is 17.0. The molecule has 582 valence electrons. The summed E-state index contributed by atoms with van der Waals surface area (Å²) in [5, 5.41) is 25.2. The van der Waals surface area contributed by atoms with Crippen LogP contribution >= 0.6 is 11.3 Å². The number of furan rings is 3. The molecule has 0 spiro atoms. The van der Waals surface area contributed by atoms with Crippen LogP contribution in [0.1, 0.15) is 22.5 Å². The summed E-state index contributed by atoms with van der Waals surface area (Å²) in [4.78, 5) is 1.35. The zero-order chi connectivity index (χ0) is 81.9. The number of para-hydroxylation sites is 4. The first-order valence-electron chi connectivity index (χ1n) is 41.3. The molecule has 121 heavy (non-hydrogen) atoms. The maximum Gasteiger partial charge on any atom is 0.249 e. The van der Waals surface area contributed by atoms with E-state index in [1.54, 1.807) is 0 Å². The summed E-state index contributed by atoms with van der Waals surface area (Å²) in [5.41, 5.74) is 23.4. The van der Waals surface area contributed by atoms with Crippen LogP contribution in [0.3, 0.4) is 0 Å². The topological polar surface area (TPSA) is 74.7 Å². The van der Waals surface area contributed by atoms with E-state index >= 15 is 0 Å². The number of rotatable bonds is 5. The van der Waals surface area contributed by atoms with Crippen molar-refractivity contribution in [2.75, 3.05) is 0 Å². The number of benzene rings is 13. The minimum Gasteiger partial charge on any atom is -0.460 e. The van der Waals surface area contributed by atoms with Crippen LogP contribution in [0.4, 0.5) is 0 Å². The molecule has 0 radical (unpaired) electrons. The molecule has 12 heterocycles. The monoisotopic (exact) mass is 1590 g/mol. The van der Waals surface area contributed by atoms with Gasteiger partial charge in [-0.1, -0.05) is 212 Å². The SMILES string of the molecule is Cc1c(-c2cc3c4cc5ccccc5cc4n(-c4ccccc4)c3c[n+]2C)oc2ccccc12.Cc1c(-c2cc3c4cc5ccccc5cc4n(C)c3c[n+]2C)oc2ccccc12.Cc1c(-c2cc3c4ccc5ccccc5c4n(C)c3c[n+]2C)sc2ccccc12.Cc1oc2ccccc2c1-c1cc2c3ccc4ccccc4c3n(C)c2c[n+]1C. The Bertz CT molecular complexity index is 8520. The van der Waals surface area contributed by atoms with Crippen LogP contribution in [0, 0.1) is 27.7 Å². The first-order chi connectivity index (χ1) is 59.1. The van der Waals surface area contributed by atoms with Gasteiger partial charge in [0, 0.05) is 142 Å². The first-order valence-corrected chi connectivity index (χ1v) is 42.1. The van der Waals surface area contributed by atoms with Crippen molar-refractivity contribution in [3.05, 3.63) is 344 Å². The molecule has 0 aliphatic heterocycles. The van der Waals surface area contributed by atoms with E-state index in [1.807, 2.05) is 47.7 Å². The number of thiophene rings is 1. The largest absolute Gasteiger partial charge is 0.460 e. The second kappa shape index (κ2) is 28.3. The molecule has 0 unspecified atom stereocenters. The highest BCUT2D eigenvalue weighted by atomic mass is 32.1. The molecule has 0 saturated carbocycles. The van der Waals surface area contributed by atoms with E-state index in [4.69, 9.17) is 13.3 Å². The standard InChI is InChI=1S/C31H23N2O.2C26H21N2O.C26H21N2S/c1-20-24-14-8-9-15-30(24)34-31(20)28-18-26-25-16-21-10-6-7-11-22(21)17-27(25)33(29(26)19-32(28)2)23-12-4-3-5-13-23;1-16-19-10-6-7-11-25(19)29-26(16)23-14-21-20-12-17-8-4-5-9-18(17)13-22(20)28(3)24(21)15-27(23)2;1-16-25(20-10-6-7-11-24(20)29-16)22-14-21-19-13-12-17-8-4-5-9-18(17)26(19)28(3)23(21)15-27(22)2;1-16-18-9-6-7-11-24(18)29-26(16)22-14-21-20-13-12-17-8-4-5-10-19(17)25(20)28(3)23(21)15-27(22)2/h3-19H,1-2H3;3*4-15H,1-3H3/q4*+1. The molecule has 0 amide bonds. The van der Waals surface area contributed by atoms with Crippen LogP contribution in [0.5, 0.6) is 0 Å². The second-order valence-electron chi connectivity index (χ2n) is 32.6. The van der Waals surface area contributed by atoms with Crippen molar-refractivity contribution >= 4 is 185 Å². The van der Waals surface area contributed by atoms with Crippen molar-refractivity contribution in [2.24, 2.45) is 49.3 Å². The lowest BCUT2D eigenvalue weighted by Crippen LogP contribution is -2.30. The average Bonchev–Trinajstić information content (AvgIpc) is 1.59. The molecule has 11 nitrogen and oxygen atoms in total. The lowest BCUT2D eigenvalue weighted by Gasteiger charge is -2.07. The molecular formula is C109H86N8O3S+4. The Hall–Kier alpha value is -14.7. The van der Waals surface area contributed by atoms with Crippen LogP contribution in [-0.2, 0) is 49.3 Å². The van der Waals surface area contributed by atoms with Crippen molar-refractivity contribution in [1.29, 1.82) is 0 Å². The molecule has 0 atom stereocenters. The Morgan fingerprint density at radius 1 is 0.264 bits per heavy atom. The normalized spacial score (nSPS) is 11.9. The summed E-state index contributed by atoms with van der Waals surface area (Å²) in [7, 11) is 15.0. The molecule has 12 aromatic heterocycles. The fourth-order valence-corrected chi connectivity index (χ4v) is 20.7. The minimum atomic E-state index is 0.923. The van der Waals surface area contributed by atoms with Gasteiger partial charge in [0.05, 0.1) is 22.1 Å². The Labute approximate surface area is 701 Å². The third kappa shape index (κ3) is 11.6. The van der Waals surface area contributed by atoms with E-state index in [-0.39, 0.29) is 0 Å². The summed E-state index contributed by atoms with van der Waals surface area (Å²) in [6.07, 6.45) is 8.96. The molecule has 0 bridgehead atoms. The zero-order valence-corrected chi connectivity index (χ0v) is 70.1. The van der Waals surface area contributed by atoms with Crippen LogP contribution < -0.4 is 18.3 Å². The maximum absolute atomic E-state index is 6.36. The van der Waals surface area contributed by atoms with Gasteiger partial charge in [-0.05, 0) is 132 Å². The smallest absolute Gasteiger partial charge is 0.249 e. The quantitative estimate of drug-likeness (QED) is 0.161. The number of hydrogen-bond acceptors (Lipinski definition) is 4. The summed E-state index contributed by atoms with van der Waals surface area (Å²) < 4.78 is 38.2. The molecule has 12 heteroatoms. The number of fused-ring (bicyclic) bond motifs is 22. The van der Waals surface area contributed by atoms with E-state index in [9.17, 15) is 0 Å². The van der Waals surface area contributed by atoms with E-state index in [2.05, 4.69) is 399 Å². The van der Waals surface area contributed by atoms with Crippen LogP contribution in [0.15, 0.2) is 335 Å². The lowest BCUT2D eigenvalue weighted by atomic mass is 10.0. The van der Waals surface area contributed by atoms with Gasteiger partial charge in [-0.3, -0.25) is 0 Å². The lowest BCUT2D eigenvalue weighted by molar-refractivity contribution is -0.659. The van der Waals surface area contributed by atoms with Gasteiger partial charge < -0.3 is 31.5 Å². The third-order valence-corrected chi connectivity index (χ3v) is 26.9. The van der Waals surface area contributed by atoms with Crippen molar-refractivity contribution in [2.45, 2.75) is 27.7 Å². The fourth-order valence-electron chi connectivity index (χ4n) is 19.4. The molecule has 13 aromatic carbocycles. The molecule has 25 rings (SSSR count). The van der Waals surface area contributed by atoms with E-state index < -0.39 is 0 Å². The van der Waals surface area contributed by atoms with Crippen LogP contribution in [0.25, 0.3) is 224 Å². The highest BCUT2D eigenvalue weighted by molar-refractivity contribution is 7.22. The summed E-state index contributed by atoms with van der Waals surface area (Å²) >= 11 is 1.89. The van der Waals surface area contributed by atoms with Crippen molar-refractivity contribution < 1.29 is 31.5 Å². The maximum atomic E-state index is 6.36. The summed E-state index contributed by atoms with van der Waals surface area (Å²) in [5.74, 6) is 2.81. The van der Waals surface area contributed by atoms with Gasteiger partial charge in [-0.15, -0.1) is 11.3 Å². The Morgan fingerprint density at radius 2 is 0.636 bits per heavy atom. The Morgan fingerprint density at radius 3 is 1.17 bits per heavy atom. The number of hydrogen-bond donors (Lipinski definition) is 0. The molecule has 0 aliphatic rings.